The molecule has 1 aliphatic rings. The summed E-state index contributed by atoms with van der Waals surface area (Å²) in [6.07, 6.45) is -11.6. The second-order valence-electron chi connectivity index (χ2n) is 6.88. The van der Waals surface area contributed by atoms with E-state index < -0.39 is 61.4 Å². The Hall–Kier alpha value is -3.00. The molecule has 184 valence electrons. The van der Waals surface area contributed by atoms with Crippen molar-refractivity contribution in [1.82, 2.24) is 5.06 Å². The Labute approximate surface area is 179 Å². The second kappa shape index (κ2) is 9.09. The molecule has 15 heteroatoms. The molecule has 1 aliphatic heterocycles. The number of aryl methyl sites for hydroxylation is 1. The van der Waals surface area contributed by atoms with Gasteiger partial charge in [0.15, 0.2) is 0 Å². The normalized spacial score (nSPS) is 15.7. The molecule has 2 rings (SSSR count). The maximum absolute atomic E-state index is 13.6. The van der Waals surface area contributed by atoms with E-state index in [1.54, 1.807) is 0 Å². The molecule has 0 N–H and O–H groups in total. The Bertz CT molecular complexity index is 884. The van der Waals surface area contributed by atoms with E-state index in [1.165, 1.54) is 0 Å². The van der Waals surface area contributed by atoms with Gasteiger partial charge in [-0.25, -0.2) is 4.79 Å². The first-order valence-corrected chi connectivity index (χ1v) is 8.98. The summed E-state index contributed by atoms with van der Waals surface area (Å²) < 4.78 is 120. The molecule has 1 saturated heterocycles. The van der Waals surface area contributed by atoms with Crippen LogP contribution in [-0.4, -0.2) is 47.0 Å². The Morgan fingerprint density at radius 1 is 0.818 bits per heavy atom. The average molecular weight is 495 g/mol. The molecule has 1 aromatic carbocycles. The van der Waals surface area contributed by atoms with Gasteiger partial charge in [0.05, 0.1) is 0 Å². The van der Waals surface area contributed by atoms with Crippen LogP contribution in [0.4, 0.5) is 44.3 Å². The number of rotatable bonds is 8. The van der Waals surface area contributed by atoms with Crippen molar-refractivity contribution in [2.45, 2.75) is 56.2 Å². The van der Waals surface area contributed by atoms with E-state index in [1.807, 2.05) is 0 Å². The third-order valence-electron chi connectivity index (χ3n) is 4.49. The maximum atomic E-state index is 13.6. The van der Waals surface area contributed by atoms with Gasteiger partial charge < -0.3 is 4.74 Å². The number of benzene rings is 1. The van der Waals surface area contributed by atoms with Crippen LogP contribution in [0.25, 0.3) is 0 Å². The number of carbonyl (C=O) groups excluding carboxylic acids is 3. The fourth-order valence-corrected chi connectivity index (χ4v) is 2.57. The van der Waals surface area contributed by atoms with Crippen LogP contribution in [0.15, 0.2) is 24.3 Å². The van der Waals surface area contributed by atoms with Gasteiger partial charge in [-0.3, -0.25) is 14.4 Å². The van der Waals surface area contributed by atoms with E-state index in [2.05, 4.69) is 9.57 Å². The summed E-state index contributed by atoms with van der Waals surface area (Å²) in [5.74, 6) is -20.8. The number of hydroxylamine groups is 2. The Morgan fingerprint density at radius 2 is 1.30 bits per heavy atom. The molecule has 0 spiro atoms. The van der Waals surface area contributed by atoms with Crippen LogP contribution in [0, 0.1) is 0 Å². The van der Waals surface area contributed by atoms with Crippen molar-refractivity contribution in [3.05, 3.63) is 35.4 Å². The number of ether oxygens (including phenoxy) is 1. The minimum absolute atomic E-state index is 0.111. The molecule has 2 amide bonds. The first-order chi connectivity index (χ1) is 15.0. The number of hydrogen-bond acceptors (Lipinski definition) is 5. The molecular weight excluding hydrogens is 481 g/mol. The van der Waals surface area contributed by atoms with Gasteiger partial charge in [-0.05, 0) is 17.5 Å². The minimum Gasteiger partial charge on any atom is -0.428 e. The number of nitrogens with zero attached hydrogens (tertiary/aromatic N) is 1. The van der Waals surface area contributed by atoms with Crippen molar-refractivity contribution in [1.29, 1.82) is 0 Å². The average Bonchev–Trinajstić information content (AvgIpc) is 3.02. The number of alkyl halides is 9. The third kappa shape index (κ3) is 5.50. The van der Waals surface area contributed by atoms with Crippen LogP contribution in [0.1, 0.15) is 30.4 Å². The highest BCUT2D eigenvalue weighted by Crippen LogP contribution is 2.54. The zero-order valence-corrected chi connectivity index (χ0v) is 16.2. The predicted octanol–water partition coefficient (Wildman–Crippen LogP) is 4.80. The lowest BCUT2D eigenvalue weighted by Crippen LogP contribution is -2.60. The van der Waals surface area contributed by atoms with E-state index in [4.69, 9.17) is 0 Å². The molecule has 33 heavy (non-hydrogen) atoms. The SMILES string of the molecule is O=C(OCc1ccc(CCC(F)(F)C(F)(F)C(F)(F)C(F)(F)F)cc1)ON1C(=O)CCC1=O. The van der Waals surface area contributed by atoms with Crippen molar-refractivity contribution >= 4 is 18.0 Å². The maximum Gasteiger partial charge on any atom is 0.534 e. The quantitative estimate of drug-likeness (QED) is 0.294. The van der Waals surface area contributed by atoms with Crippen LogP contribution in [0.5, 0.6) is 0 Å². The van der Waals surface area contributed by atoms with E-state index >= 15 is 0 Å². The van der Waals surface area contributed by atoms with E-state index in [-0.39, 0.29) is 29.0 Å². The summed E-state index contributed by atoms with van der Waals surface area (Å²) in [6.45, 7) is -0.485. The molecule has 0 saturated carbocycles. The predicted molar refractivity (Wildman–Crippen MR) is 88.0 cm³/mol. The lowest BCUT2D eigenvalue weighted by atomic mass is 9.97. The number of hydrogen-bond donors (Lipinski definition) is 0. The lowest BCUT2D eigenvalue weighted by Gasteiger charge is -2.33. The van der Waals surface area contributed by atoms with Crippen molar-refractivity contribution < 1.29 is 63.5 Å². The molecular formula is C18H14F9NO5. The van der Waals surface area contributed by atoms with Crippen LogP contribution in [0.2, 0.25) is 0 Å². The largest absolute Gasteiger partial charge is 0.534 e. The Kier molecular flexibility index (Phi) is 7.24. The standard InChI is InChI=1S/C18H14F9NO5/c19-15(20,16(21,22)17(23,24)18(25,26)27)8-7-10-1-3-11(4-2-10)9-32-14(31)33-28-12(29)5-6-13(28)30/h1-4H,5-9H2. The Balaban J connectivity index is 1.92. The van der Waals surface area contributed by atoms with E-state index in [0.29, 0.717) is 0 Å². The topological polar surface area (TPSA) is 72.9 Å². The number of carbonyl (C=O) groups is 3. The van der Waals surface area contributed by atoms with E-state index in [0.717, 1.165) is 24.3 Å². The first-order valence-electron chi connectivity index (χ1n) is 8.98. The molecule has 0 radical (unpaired) electrons. The summed E-state index contributed by atoms with van der Waals surface area (Å²) in [6, 6.07) is 4.45. The van der Waals surface area contributed by atoms with Gasteiger partial charge in [-0.1, -0.05) is 29.3 Å². The van der Waals surface area contributed by atoms with Gasteiger partial charge in [0.1, 0.15) is 6.61 Å². The highest BCUT2D eigenvalue weighted by atomic mass is 19.4. The molecule has 1 aromatic rings. The van der Waals surface area contributed by atoms with Gasteiger partial charge >= 0.3 is 30.1 Å². The number of halogens is 9. The summed E-state index contributed by atoms with van der Waals surface area (Å²) >= 11 is 0. The number of imide groups is 1. The summed E-state index contributed by atoms with van der Waals surface area (Å²) in [5.41, 5.74) is 0.0934. The van der Waals surface area contributed by atoms with Crippen molar-refractivity contribution in [3.63, 3.8) is 0 Å². The summed E-state index contributed by atoms with van der Waals surface area (Å²) in [4.78, 5) is 38.5. The zero-order valence-electron chi connectivity index (χ0n) is 16.2. The van der Waals surface area contributed by atoms with Gasteiger partial charge in [-0.15, -0.1) is 0 Å². The fraction of sp³-hybridized carbons (Fsp3) is 0.500. The van der Waals surface area contributed by atoms with Crippen LogP contribution >= 0.6 is 0 Å². The zero-order chi connectivity index (χ0) is 25.2. The monoisotopic (exact) mass is 495 g/mol. The molecule has 0 aliphatic carbocycles. The van der Waals surface area contributed by atoms with Gasteiger partial charge in [0.25, 0.3) is 11.8 Å². The molecule has 6 nitrogen and oxygen atoms in total. The fourth-order valence-electron chi connectivity index (χ4n) is 2.57. The molecule has 0 unspecified atom stereocenters. The Morgan fingerprint density at radius 3 is 1.79 bits per heavy atom. The third-order valence-corrected chi connectivity index (χ3v) is 4.49. The van der Waals surface area contributed by atoms with Crippen molar-refractivity contribution in [3.8, 4) is 0 Å². The summed E-state index contributed by atoms with van der Waals surface area (Å²) in [7, 11) is 0. The molecule has 1 fully saturated rings. The van der Waals surface area contributed by atoms with Gasteiger partial charge in [0, 0.05) is 19.3 Å². The molecule has 1 heterocycles. The lowest BCUT2D eigenvalue weighted by molar-refractivity contribution is -0.396. The molecule has 0 bridgehead atoms. The van der Waals surface area contributed by atoms with Crippen molar-refractivity contribution in [2.75, 3.05) is 0 Å². The summed E-state index contributed by atoms with van der Waals surface area (Å²) in [5, 5.41) is 0.226. The first kappa shape index (κ1) is 26.3. The van der Waals surface area contributed by atoms with Crippen molar-refractivity contribution in [2.24, 2.45) is 0 Å². The van der Waals surface area contributed by atoms with Gasteiger partial charge in [-0.2, -0.15) is 39.5 Å². The second-order valence-corrected chi connectivity index (χ2v) is 6.88. The molecule has 0 aromatic heterocycles. The highest BCUT2D eigenvalue weighted by molar-refractivity contribution is 6.01. The van der Waals surface area contributed by atoms with Crippen LogP contribution < -0.4 is 0 Å². The van der Waals surface area contributed by atoms with Crippen LogP contribution in [-0.2, 0) is 32.2 Å². The molecule has 0 atom stereocenters. The number of amides is 2. The smallest absolute Gasteiger partial charge is 0.428 e. The van der Waals surface area contributed by atoms with E-state index in [9.17, 15) is 53.9 Å². The van der Waals surface area contributed by atoms with Crippen LogP contribution in [0.3, 0.4) is 0 Å². The van der Waals surface area contributed by atoms with Gasteiger partial charge in [0.2, 0.25) is 0 Å². The highest BCUT2D eigenvalue weighted by Gasteiger charge is 2.81. The minimum atomic E-state index is -6.94.